The normalized spacial score (nSPS) is 22.7. The highest BCUT2D eigenvalue weighted by molar-refractivity contribution is 5.74. The molecule has 2 fully saturated rings. The molecule has 1 atom stereocenters. The van der Waals surface area contributed by atoms with Crippen molar-refractivity contribution < 1.29 is 14.3 Å². The number of likely N-dealkylation sites (tertiary alicyclic amines) is 2. The van der Waals surface area contributed by atoms with Gasteiger partial charge in [-0.05, 0) is 31.1 Å². The molecule has 126 valence electrons. The van der Waals surface area contributed by atoms with Crippen LogP contribution in [0.4, 0.5) is 9.59 Å². The number of carbonyl (C=O) groups is 2. The minimum absolute atomic E-state index is 0.0161. The minimum Gasteiger partial charge on any atom is -0.383 e. The quantitative estimate of drug-likeness (QED) is 0.751. The first-order valence-corrected chi connectivity index (χ1v) is 8.14. The van der Waals surface area contributed by atoms with Crippen molar-refractivity contribution in [3.63, 3.8) is 0 Å². The number of piperidine rings is 1. The molecule has 2 saturated heterocycles. The van der Waals surface area contributed by atoms with Gasteiger partial charge in [0.25, 0.3) is 0 Å². The van der Waals surface area contributed by atoms with E-state index in [1.54, 1.807) is 14.2 Å². The van der Waals surface area contributed by atoms with Crippen LogP contribution >= 0.6 is 0 Å². The molecule has 2 N–H and O–H groups in total. The number of nitrogens with one attached hydrogen (secondary N) is 2. The Kier molecular flexibility index (Phi) is 6.30. The number of urea groups is 2. The van der Waals surface area contributed by atoms with Crippen molar-refractivity contribution in [3.8, 4) is 0 Å². The Morgan fingerprint density at radius 2 is 1.68 bits per heavy atom. The van der Waals surface area contributed by atoms with Gasteiger partial charge in [-0.1, -0.05) is 0 Å². The second-order valence-corrected chi connectivity index (χ2v) is 6.10. The summed E-state index contributed by atoms with van der Waals surface area (Å²) in [6, 6.07) is 0.0337. The maximum Gasteiger partial charge on any atom is 0.317 e. The predicted octanol–water partition coefficient (Wildman–Crippen LogP) is 0.716. The van der Waals surface area contributed by atoms with Gasteiger partial charge in [-0.3, -0.25) is 0 Å². The van der Waals surface area contributed by atoms with Gasteiger partial charge in [0.15, 0.2) is 0 Å². The van der Waals surface area contributed by atoms with Gasteiger partial charge >= 0.3 is 12.1 Å². The Labute approximate surface area is 132 Å². The van der Waals surface area contributed by atoms with Gasteiger partial charge < -0.3 is 25.2 Å². The molecular formula is C15H28N4O3. The molecule has 0 saturated carbocycles. The van der Waals surface area contributed by atoms with Crippen molar-refractivity contribution >= 4 is 12.1 Å². The molecule has 0 radical (unpaired) electrons. The Bertz CT molecular complexity index is 383. The molecule has 0 aromatic rings. The fourth-order valence-electron chi connectivity index (χ4n) is 3.46. The van der Waals surface area contributed by atoms with Crippen LogP contribution in [0, 0.1) is 11.8 Å². The van der Waals surface area contributed by atoms with Crippen molar-refractivity contribution in [2.45, 2.75) is 19.3 Å². The molecule has 2 aliphatic heterocycles. The molecule has 0 aromatic heterocycles. The lowest BCUT2D eigenvalue weighted by Gasteiger charge is -2.34. The first-order chi connectivity index (χ1) is 10.7. The van der Waals surface area contributed by atoms with E-state index in [1.807, 2.05) is 9.80 Å². The van der Waals surface area contributed by atoms with E-state index in [2.05, 4.69) is 10.6 Å². The molecule has 2 rings (SSSR count). The summed E-state index contributed by atoms with van der Waals surface area (Å²) in [6.45, 7) is 4.41. The molecule has 1 unspecified atom stereocenters. The van der Waals surface area contributed by atoms with E-state index in [0.29, 0.717) is 25.0 Å². The van der Waals surface area contributed by atoms with Gasteiger partial charge in [0.2, 0.25) is 0 Å². The molecule has 0 bridgehead atoms. The predicted molar refractivity (Wildman–Crippen MR) is 83.7 cm³/mol. The maximum absolute atomic E-state index is 12.0. The van der Waals surface area contributed by atoms with Crippen LogP contribution in [0.25, 0.3) is 0 Å². The van der Waals surface area contributed by atoms with Crippen LogP contribution < -0.4 is 10.6 Å². The van der Waals surface area contributed by atoms with Crippen LogP contribution in [0.5, 0.6) is 0 Å². The van der Waals surface area contributed by atoms with Crippen molar-refractivity contribution in [1.82, 2.24) is 20.4 Å². The van der Waals surface area contributed by atoms with Crippen molar-refractivity contribution in [3.05, 3.63) is 0 Å². The van der Waals surface area contributed by atoms with Gasteiger partial charge in [0.05, 0.1) is 6.61 Å². The van der Waals surface area contributed by atoms with E-state index >= 15 is 0 Å². The Balaban J connectivity index is 1.72. The second-order valence-electron chi connectivity index (χ2n) is 6.10. The van der Waals surface area contributed by atoms with Gasteiger partial charge in [-0.15, -0.1) is 0 Å². The van der Waals surface area contributed by atoms with Gasteiger partial charge in [0.1, 0.15) is 0 Å². The SMILES string of the molecule is CNC(=O)N1CCC(C2CCN(C(=O)NCCOC)C2)CC1. The van der Waals surface area contributed by atoms with Crippen LogP contribution in [0.2, 0.25) is 0 Å². The first-order valence-electron chi connectivity index (χ1n) is 8.14. The lowest BCUT2D eigenvalue weighted by atomic mass is 9.84. The van der Waals surface area contributed by atoms with Gasteiger partial charge in [0, 0.05) is 46.9 Å². The highest BCUT2D eigenvalue weighted by Gasteiger charge is 2.34. The van der Waals surface area contributed by atoms with E-state index in [4.69, 9.17) is 4.74 Å². The zero-order valence-corrected chi connectivity index (χ0v) is 13.6. The number of nitrogens with zero attached hydrogens (tertiary/aromatic N) is 2. The van der Waals surface area contributed by atoms with E-state index in [-0.39, 0.29) is 12.1 Å². The number of rotatable bonds is 4. The maximum atomic E-state index is 12.0. The second kappa shape index (κ2) is 8.22. The summed E-state index contributed by atoms with van der Waals surface area (Å²) >= 11 is 0. The fourth-order valence-corrected chi connectivity index (χ4v) is 3.46. The van der Waals surface area contributed by atoms with Crippen molar-refractivity contribution in [2.24, 2.45) is 11.8 Å². The average molecular weight is 312 g/mol. The Morgan fingerprint density at radius 3 is 2.32 bits per heavy atom. The summed E-state index contributed by atoms with van der Waals surface area (Å²) in [5.41, 5.74) is 0. The number of hydrogen-bond acceptors (Lipinski definition) is 3. The van der Waals surface area contributed by atoms with Crippen LogP contribution in [0.1, 0.15) is 19.3 Å². The van der Waals surface area contributed by atoms with Gasteiger partial charge in [-0.2, -0.15) is 0 Å². The molecule has 0 spiro atoms. The topological polar surface area (TPSA) is 73.9 Å². The fraction of sp³-hybridized carbons (Fsp3) is 0.867. The molecule has 2 heterocycles. The summed E-state index contributed by atoms with van der Waals surface area (Å²) < 4.78 is 4.94. The zero-order valence-electron chi connectivity index (χ0n) is 13.6. The minimum atomic E-state index is 0.0161. The molecule has 0 aromatic carbocycles. The zero-order chi connectivity index (χ0) is 15.9. The van der Waals surface area contributed by atoms with Crippen LogP contribution in [0.3, 0.4) is 0 Å². The molecule has 7 heteroatoms. The van der Waals surface area contributed by atoms with E-state index in [0.717, 1.165) is 45.4 Å². The molecule has 7 nitrogen and oxygen atoms in total. The Morgan fingerprint density at radius 1 is 1.05 bits per heavy atom. The smallest absolute Gasteiger partial charge is 0.317 e. The molecule has 4 amide bonds. The highest BCUT2D eigenvalue weighted by Crippen LogP contribution is 2.31. The standard InChI is InChI=1S/C15H28N4O3/c1-16-14(20)18-7-3-12(4-8-18)13-5-9-19(11-13)15(21)17-6-10-22-2/h12-13H,3-11H2,1-2H3,(H,16,20)(H,17,21). The lowest BCUT2D eigenvalue weighted by molar-refractivity contribution is 0.151. The van der Waals surface area contributed by atoms with Crippen LogP contribution in [-0.2, 0) is 4.74 Å². The number of methoxy groups -OCH3 is 1. The Hall–Kier alpha value is -1.50. The molecule has 0 aliphatic carbocycles. The average Bonchev–Trinajstić information content (AvgIpc) is 3.04. The number of amides is 4. The summed E-state index contributed by atoms with van der Waals surface area (Å²) in [7, 11) is 3.30. The summed E-state index contributed by atoms with van der Waals surface area (Å²) in [5, 5.41) is 5.56. The third-order valence-corrected chi connectivity index (χ3v) is 4.80. The van der Waals surface area contributed by atoms with E-state index in [1.165, 1.54) is 0 Å². The highest BCUT2D eigenvalue weighted by atomic mass is 16.5. The molecule has 22 heavy (non-hydrogen) atoms. The number of hydrogen-bond donors (Lipinski definition) is 2. The molecular weight excluding hydrogens is 284 g/mol. The summed E-state index contributed by atoms with van der Waals surface area (Å²) in [5.74, 6) is 1.19. The van der Waals surface area contributed by atoms with Crippen molar-refractivity contribution in [2.75, 3.05) is 53.5 Å². The monoisotopic (exact) mass is 312 g/mol. The van der Waals surface area contributed by atoms with E-state index < -0.39 is 0 Å². The lowest BCUT2D eigenvalue weighted by Crippen LogP contribution is -2.44. The first kappa shape index (κ1) is 16.9. The largest absolute Gasteiger partial charge is 0.383 e. The van der Waals surface area contributed by atoms with Gasteiger partial charge in [-0.25, -0.2) is 9.59 Å². The number of ether oxygens (including phenoxy) is 1. The summed E-state index contributed by atoms with van der Waals surface area (Å²) in [6.07, 6.45) is 3.15. The van der Waals surface area contributed by atoms with Crippen LogP contribution in [0.15, 0.2) is 0 Å². The van der Waals surface area contributed by atoms with E-state index in [9.17, 15) is 9.59 Å². The van der Waals surface area contributed by atoms with Crippen molar-refractivity contribution in [1.29, 1.82) is 0 Å². The summed E-state index contributed by atoms with van der Waals surface area (Å²) in [4.78, 5) is 27.4. The molecule has 2 aliphatic rings. The third-order valence-electron chi connectivity index (χ3n) is 4.80. The number of carbonyl (C=O) groups excluding carboxylic acids is 2. The van der Waals surface area contributed by atoms with Crippen LogP contribution in [-0.4, -0.2) is 75.4 Å². The third kappa shape index (κ3) is 4.25.